The Morgan fingerprint density at radius 3 is 2.28 bits per heavy atom. The van der Waals surface area contributed by atoms with Gasteiger partial charge >= 0.3 is 0 Å². The van der Waals surface area contributed by atoms with Crippen LogP contribution in [0.15, 0.2) is 60.8 Å². The standard InChI is InChI=1S/C18H16N4O3/c1-20(2)18(23)16-12-21(14-6-4-3-5-7-14)19-17(16)13-8-10-15(11-9-13)22(24)25/h3-12H,1-2H3. The van der Waals surface area contributed by atoms with E-state index in [1.54, 1.807) is 37.1 Å². The Morgan fingerprint density at radius 2 is 1.72 bits per heavy atom. The van der Waals surface area contributed by atoms with Crippen LogP contribution in [0.1, 0.15) is 10.4 Å². The van der Waals surface area contributed by atoms with E-state index in [2.05, 4.69) is 5.10 Å². The van der Waals surface area contributed by atoms with Crippen molar-refractivity contribution < 1.29 is 9.72 Å². The number of nitro groups is 1. The van der Waals surface area contributed by atoms with Crippen molar-refractivity contribution in [2.75, 3.05) is 14.1 Å². The second-order valence-corrected chi connectivity index (χ2v) is 5.68. The van der Waals surface area contributed by atoms with Crippen LogP contribution in [0.3, 0.4) is 0 Å². The molecule has 7 nitrogen and oxygen atoms in total. The Morgan fingerprint density at radius 1 is 1.08 bits per heavy atom. The molecule has 2 aromatic carbocycles. The Hall–Kier alpha value is -3.48. The van der Waals surface area contributed by atoms with Gasteiger partial charge in [0.15, 0.2) is 0 Å². The van der Waals surface area contributed by atoms with Crippen molar-refractivity contribution in [2.24, 2.45) is 0 Å². The van der Waals surface area contributed by atoms with Crippen molar-refractivity contribution in [3.63, 3.8) is 0 Å². The van der Waals surface area contributed by atoms with Crippen molar-refractivity contribution >= 4 is 11.6 Å². The fraction of sp³-hybridized carbons (Fsp3) is 0.111. The summed E-state index contributed by atoms with van der Waals surface area (Å²) in [6, 6.07) is 15.4. The van der Waals surface area contributed by atoms with E-state index in [-0.39, 0.29) is 11.6 Å². The van der Waals surface area contributed by atoms with Crippen molar-refractivity contribution in [1.29, 1.82) is 0 Å². The number of carbonyl (C=O) groups excluding carboxylic acids is 1. The van der Waals surface area contributed by atoms with E-state index in [1.165, 1.54) is 17.0 Å². The summed E-state index contributed by atoms with van der Waals surface area (Å²) in [6.07, 6.45) is 1.68. The maximum atomic E-state index is 12.5. The Labute approximate surface area is 144 Å². The summed E-state index contributed by atoms with van der Waals surface area (Å²) < 4.78 is 1.63. The molecule has 0 aliphatic rings. The second kappa shape index (κ2) is 6.56. The van der Waals surface area contributed by atoms with E-state index in [1.807, 2.05) is 30.3 Å². The highest BCUT2D eigenvalue weighted by Crippen LogP contribution is 2.26. The fourth-order valence-corrected chi connectivity index (χ4v) is 2.44. The van der Waals surface area contributed by atoms with Gasteiger partial charge in [-0.3, -0.25) is 14.9 Å². The highest BCUT2D eigenvalue weighted by Gasteiger charge is 2.20. The van der Waals surface area contributed by atoms with Crippen LogP contribution in [-0.4, -0.2) is 39.6 Å². The van der Waals surface area contributed by atoms with Gasteiger partial charge < -0.3 is 4.90 Å². The van der Waals surface area contributed by atoms with Crippen LogP contribution < -0.4 is 0 Å². The number of aromatic nitrogens is 2. The van der Waals surface area contributed by atoms with Crippen LogP contribution in [0.25, 0.3) is 16.9 Å². The molecule has 0 atom stereocenters. The molecular weight excluding hydrogens is 320 g/mol. The van der Waals surface area contributed by atoms with E-state index >= 15 is 0 Å². The van der Waals surface area contributed by atoms with E-state index in [0.717, 1.165) is 5.69 Å². The first-order valence-corrected chi connectivity index (χ1v) is 7.59. The van der Waals surface area contributed by atoms with Crippen LogP contribution in [0, 0.1) is 10.1 Å². The number of para-hydroxylation sites is 1. The quantitative estimate of drug-likeness (QED) is 0.541. The van der Waals surface area contributed by atoms with Crippen LogP contribution in [0.5, 0.6) is 0 Å². The Bertz CT molecular complexity index is 915. The molecule has 0 saturated carbocycles. The highest BCUT2D eigenvalue weighted by molar-refractivity contribution is 5.99. The highest BCUT2D eigenvalue weighted by atomic mass is 16.6. The molecule has 1 amide bonds. The lowest BCUT2D eigenvalue weighted by molar-refractivity contribution is -0.384. The molecule has 1 aromatic heterocycles. The largest absolute Gasteiger partial charge is 0.345 e. The van der Waals surface area contributed by atoms with Gasteiger partial charge in [0, 0.05) is 38.0 Å². The molecule has 0 fully saturated rings. The van der Waals surface area contributed by atoms with Crippen molar-refractivity contribution in [1.82, 2.24) is 14.7 Å². The fourth-order valence-electron chi connectivity index (χ4n) is 2.44. The topological polar surface area (TPSA) is 81.3 Å². The third kappa shape index (κ3) is 3.25. The summed E-state index contributed by atoms with van der Waals surface area (Å²) in [5.41, 5.74) is 2.38. The summed E-state index contributed by atoms with van der Waals surface area (Å²) in [7, 11) is 3.34. The molecule has 1 heterocycles. The van der Waals surface area contributed by atoms with Gasteiger partial charge in [-0.2, -0.15) is 5.10 Å². The summed E-state index contributed by atoms with van der Waals surface area (Å²) in [5.74, 6) is -0.185. The average molecular weight is 336 g/mol. The summed E-state index contributed by atoms with van der Waals surface area (Å²) in [4.78, 5) is 24.4. The minimum Gasteiger partial charge on any atom is -0.345 e. The molecule has 0 aliphatic carbocycles. The van der Waals surface area contributed by atoms with E-state index in [9.17, 15) is 14.9 Å². The third-order valence-electron chi connectivity index (χ3n) is 3.72. The van der Waals surface area contributed by atoms with Crippen LogP contribution in [0.2, 0.25) is 0 Å². The lowest BCUT2D eigenvalue weighted by atomic mass is 10.1. The molecular formula is C18H16N4O3. The second-order valence-electron chi connectivity index (χ2n) is 5.68. The Balaban J connectivity index is 2.12. The van der Waals surface area contributed by atoms with Gasteiger partial charge in [-0.05, 0) is 24.3 Å². The van der Waals surface area contributed by atoms with Gasteiger partial charge in [-0.1, -0.05) is 18.2 Å². The molecule has 0 radical (unpaired) electrons. The number of nitrogens with zero attached hydrogens (tertiary/aromatic N) is 4. The molecule has 0 unspecified atom stereocenters. The minimum atomic E-state index is -0.460. The molecule has 0 aliphatic heterocycles. The van der Waals surface area contributed by atoms with Gasteiger partial charge in [-0.25, -0.2) is 4.68 Å². The Kier molecular flexibility index (Phi) is 4.30. The van der Waals surface area contributed by atoms with Gasteiger partial charge in [0.25, 0.3) is 11.6 Å². The summed E-state index contributed by atoms with van der Waals surface area (Å²) >= 11 is 0. The lowest BCUT2D eigenvalue weighted by Gasteiger charge is -2.09. The predicted octanol–water partition coefficient (Wildman–Crippen LogP) is 3.15. The number of benzene rings is 2. The molecule has 3 aromatic rings. The minimum absolute atomic E-state index is 0.00766. The number of rotatable bonds is 4. The van der Waals surface area contributed by atoms with Crippen molar-refractivity contribution in [3.8, 4) is 16.9 Å². The molecule has 7 heteroatoms. The van der Waals surface area contributed by atoms with Crippen LogP contribution >= 0.6 is 0 Å². The van der Waals surface area contributed by atoms with Crippen LogP contribution in [-0.2, 0) is 0 Å². The van der Waals surface area contributed by atoms with Crippen LogP contribution in [0.4, 0.5) is 5.69 Å². The van der Waals surface area contributed by atoms with Gasteiger partial charge in [0.1, 0.15) is 5.69 Å². The van der Waals surface area contributed by atoms with Crippen molar-refractivity contribution in [3.05, 3.63) is 76.5 Å². The number of carbonyl (C=O) groups is 1. The predicted molar refractivity (Wildman–Crippen MR) is 93.7 cm³/mol. The number of nitro benzene ring substituents is 1. The molecule has 0 spiro atoms. The molecule has 0 saturated heterocycles. The number of hydrogen-bond acceptors (Lipinski definition) is 4. The maximum Gasteiger partial charge on any atom is 0.269 e. The molecule has 3 rings (SSSR count). The first-order valence-electron chi connectivity index (χ1n) is 7.59. The lowest BCUT2D eigenvalue weighted by Crippen LogP contribution is -2.21. The smallest absolute Gasteiger partial charge is 0.269 e. The third-order valence-corrected chi connectivity index (χ3v) is 3.72. The maximum absolute atomic E-state index is 12.5. The van der Waals surface area contributed by atoms with Gasteiger partial charge in [-0.15, -0.1) is 0 Å². The summed E-state index contributed by atoms with van der Waals surface area (Å²) in [6.45, 7) is 0. The summed E-state index contributed by atoms with van der Waals surface area (Å²) in [5, 5.41) is 15.4. The van der Waals surface area contributed by atoms with Gasteiger partial charge in [0.05, 0.1) is 16.2 Å². The molecule has 126 valence electrons. The monoisotopic (exact) mass is 336 g/mol. The normalized spacial score (nSPS) is 10.5. The van der Waals surface area contributed by atoms with Gasteiger partial charge in [0.2, 0.25) is 0 Å². The zero-order chi connectivity index (χ0) is 18.0. The molecule has 0 bridgehead atoms. The number of amides is 1. The van der Waals surface area contributed by atoms with E-state index < -0.39 is 4.92 Å². The van der Waals surface area contributed by atoms with E-state index in [0.29, 0.717) is 16.8 Å². The first-order chi connectivity index (χ1) is 12.0. The molecule has 0 N–H and O–H groups in total. The van der Waals surface area contributed by atoms with Crippen molar-refractivity contribution in [2.45, 2.75) is 0 Å². The molecule has 25 heavy (non-hydrogen) atoms. The van der Waals surface area contributed by atoms with E-state index in [4.69, 9.17) is 0 Å². The first kappa shape index (κ1) is 16.4. The SMILES string of the molecule is CN(C)C(=O)c1cn(-c2ccccc2)nc1-c1ccc([N+](=O)[O-])cc1. The average Bonchev–Trinajstić information content (AvgIpc) is 3.07. The zero-order valence-corrected chi connectivity index (χ0v) is 13.8. The zero-order valence-electron chi connectivity index (χ0n) is 13.8. The number of hydrogen-bond donors (Lipinski definition) is 0. The number of non-ortho nitro benzene ring substituents is 1.